The molecule has 0 heterocycles. The van der Waals surface area contributed by atoms with Gasteiger partial charge in [-0.3, -0.25) is 0 Å². The van der Waals surface area contributed by atoms with Crippen molar-refractivity contribution in [2.24, 2.45) is 57.2 Å². The lowest BCUT2D eigenvalue weighted by Crippen LogP contribution is -2.75. The van der Waals surface area contributed by atoms with E-state index in [2.05, 4.69) is 27.7 Å². The van der Waals surface area contributed by atoms with Crippen LogP contribution < -0.4 is 0 Å². The lowest BCUT2D eigenvalue weighted by atomic mass is 9.23. The molecule has 0 radical (unpaired) electrons. The molecule has 10 atom stereocenters. The van der Waals surface area contributed by atoms with Crippen molar-refractivity contribution in [1.29, 1.82) is 0 Å². The molecule has 0 nitrogen and oxygen atoms in total. The maximum atomic E-state index is 2.74. The standard InChI is InChI=1S/C20H30/c1-5-16-17(4)11(2)6-13-7-14(17)15-9-18-8-12(3)20(13,18)19(15,16)10-18/h11-16H,5-10H2,1-4H3. The molecule has 6 bridgehead atoms. The second kappa shape index (κ2) is 2.67. The summed E-state index contributed by atoms with van der Waals surface area (Å²) >= 11 is 0. The van der Waals surface area contributed by atoms with E-state index >= 15 is 0 Å². The minimum Gasteiger partial charge on any atom is -0.0651 e. The van der Waals surface area contributed by atoms with Crippen molar-refractivity contribution in [3.05, 3.63) is 0 Å². The summed E-state index contributed by atoms with van der Waals surface area (Å²) in [5, 5.41) is 0. The van der Waals surface area contributed by atoms with E-state index in [9.17, 15) is 0 Å². The predicted molar refractivity (Wildman–Crippen MR) is 81.1 cm³/mol. The molecule has 0 heteroatoms. The van der Waals surface area contributed by atoms with Gasteiger partial charge >= 0.3 is 0 Å². The van der Waals surface area contributed by atoms with E-state index in [-0.39, 0.29) is 0 Å². The Kier molecular flexibility index (Phi) is 1.54. The molecule has 7 saturated carbocycles. The molecule has 0 aromatic rings. The van der Waals surface area contributed by atoms with E-state index in [1.54, 1.807) is 32.1 Å². The van der Waals surface area contributed by atoms with Crippen LogP contribution in [0.25, 0.3) is 0 Å². The molecule has 0 N–H and O–H groups in total. The van der Waals surface area contributed by atoms with Gasteiger partial charge in [0.2, 0.25) is 0 Å². The quantitative estimate of drug-likeness (QED) is 0.619. The molecule has 0 saturated heterocycles. The van der Waals surface area contributed by atoms with Crippen LogP contribution in [0.15, 0.2) is 0 Å². The first-order chi connectivity index (χ1) is 9.49. The monoisotopic (exact) mass is 270 g/mol. The third-order valence-corrected chi connectivity index (χ3v) is 11.0. The lowest BCUT2D eigenvalue weighted by molar-refractivity contribution is -0.333. The van der Waals surface area contributed by atoms with Crippen molar-refractivity contribution in [3.8, 4) is 0 Å². The fourth-order valence-electron chi connectivity index (χ4n) is 11.5. The molecule has 110 valence electrons. The van der Waals surface area contributed by atoms with Gasteiger partial charge in [-0.25, -0.2) is 0 Å². The molecule has 7 aliphatic carbocycles. The molecular formula is C20H30. The summed E-state index contributed by atoms with van der Waals surface area (Å²) in [6.07, 6.45) is 9.64. The van der Waals surface area contributed by atoms with E-state index in [0.29, 0.717) is 5.41 Å². The van der Waals surface area contributed by atoms with Crippen LogP contribution in [0.5, 0.6) is 0 Å². The van der Waals surface area contributed by atoms with Gasteiger partial charge in [-0.05, 0) is 89.3 Å². The highest BCUT2D eigenvalue weighted by Crippen LogP contribution is 3.02. The second-order valence-corrected chi connectivity index (χ2v) is 10.3. The Morgan fingerprint density at radius 1 is 1.00 bits per heavy atom. The van der Waals surface area contributed by atoms with Gasteiger partial charge in [0.25, 0.3) is 0 Å². The van der Waals surface area contributed by atoms with Crippen LogP contribution in [0.2, 0.25) is 0 Å². The molecule has 7 fully saturated rings. The van der Waals surface area contributed by atoms with E-state index in [1.807, 2.05) is 0 Å². The van der Waals surface area contributed by atoms with Gasteiger partial charge in [0, 0.05) is 0 Å². The minimum atomic E-state index is 0.710. The topological polar surface area (TPSA) is 0 Å². The maximum absolute atomic E-state index is 2.74. The van der Waals surface area contributed by atoms with E-state index in [4.69, 9.17) is 0 Å². The van der Waals surface area contributed by atoms with Crippen LogP contribution in [0.4, 0.5) is 0 Å². The summed E-state index contributed by atoms with van der Waals surface area (Å²) in [7, 11) is 0. The molecule has 7 aliphatic rings. The first-order valence-corrected chi connectivity index (χ1v) is 9.49. The van der Waals surface area contributed by atoms with Crippen molar-refractivity contribution >= 4 is 0 Å². The zero-order chi connectivity index (χ0) is 13.7. The van der Waals surface area contributed by atoms with Crippen LogP contribution in [-0.2, 0) is 0 Å². The molecule has 0 amide bonds. The van der Waals surface area contributed by atoms with E-state index < -0.39 is 0 Å². The molecule has 0 aromatic heterocycles. The first kappa shape index (κ1) is 11.6. The third kappa shape index (κ3) is 0.642. The summed E-state index contributed by atoms with van der Waals surface area (Å²) in [4.78, 5) is 0. The fraction of sp³-hybridized carbons (Fsp3) is 1.00. The highest BCUT2D eigenvalue weighted by molar-refractivity contribution is 5.44. The molecular weight excluding hydrogens is 240 g/mol. The van der Waals surface area contributed by atoms with Crippen LogP contribution in [-0.4, -0.2) is 0 Å². The molecule has 0 aliphatic heterocycles. The Balaban J connectivity index is 1.69. The van der Waals surface area contributed by atoms with Crippen LogP contribution in [0, 0.1) is 57.2 Å². The molecule has 3 spiro atoms. The first-order valence-electron chi connectivity index (χ1n) is 9.49. The van der Waals surface area contributed by atoms with Crippen molar-refractivity contribution < 1.29 is 0 Å². The number of hydrogen-bond donors (Lipinski definition) is 0. The molecule has 20 heavy (non-hydrogen) atoms. The highest BCUT2D eigenvalue weighted by atomic mass is 15.0. The SMILES string of the molecule is CCC1C2(C)C(C)CC3CC2C2CC45CC(C)C34C21C5. The zero-order valence-electron chi connectivity index (χ0n) is 13.7. The Labute approximate surface area is 124 Å². The summed E-state index contributed by atoms with van der Waals surface area (Å²) in [6.45, 7) is 10.6. The average molecular weight is 270 g/mol. The van der Waals surface area contributed by atoms with E-state index in [1.165, 1.54) is 6.42 Å². The molecule has 7 rings (SSSR count). The summed E-state index contributed by atoms with van der Waals surface area (Å²) in [6, 6.07) is 0. The molecule has 0 aromatic carbocycles. The maximum Gasteiger partial charge on any atom is -0.0124 e. The van der Waals surface area contributed by atoms with Gasteiger partial charge in [-0.2, -0.15) is 0 Å². The zero-order valence-corrected chi connectivity index (χ0v) is 13.7. The van der Waals surface area contributed by atoms with Gasteiger partial charge < -0.3 is 0 Å². The van der Waals surface area contributed by atoms with Gasteiger partial charge in [0.15, 0.2) is 0 Å². The third-order valence-electron chi connectivity index (χ3n) is 11.0. The lowest BCUT2D eigenvalue weighted by Gasteiger charge is -2.81. The van der Waals surface area contributed by atoms with Crippen molar-refractivity contribution in [1.82, 2.24) is 0 Å². The van der Waals surface area contributed by atoms with Gasteiger partial charge in [-0.1, -0.05) is 34.1 Å². The van der Waals surface area contributed by atoms with Gasteiger partial charge in [0.05, 0.1) is 0 Å². The fourth-order valence-corrected chi connectivity index (χ4v) is 11.5. The van der Waals surface area contributed by atoms with Crippen molar-refractivity contribution in [3.63, 3.8) is 0 Å². The van der Waals surface area contributed by atoms with Gasteiger partial charge in [-0.15, -0.1) is 0 Å². The Morgan fingerprint density at radius 2 is 1.80 bits per heavy atom. The summed E-state index contributed by atoms with van der Waals surface area (Å²) in [5.41, 5.74) is 3.27. The smallest absolute Gasteiger partial charge is 0.0124 e. The highest BCUT2D eigenvalue weighted by Gasteiger charge is 2.96. The predicted octanol–water partition coefficient (Wildman–Crippen LogP) is 5.13. The largest absolute Gasteiger partial charge is 0.0651 e. The van der Waals surface area contributed by atoms with Crippen LogP contribution in [0.3, 0.4) is 0 Å². The number of fused-ring (bicyclic) bond motifs is 1. The minimum absolute atomic E-state index is 0.710. The van der Waals surface area contributed by atoms with E-state index in [0.717, 1.165) is 51.8 Å². The normalized spacial score (nSPS) is 78.0. The van der Waals surface area contributed by atoms with Crippen molar-refractivity contribution in [2.45, 2.75) is 66.2 Å². The Bertz CT molecular complexity index is 536. The average Bonchev–Trinajstić information content (AvgIpc) is 2.82. The summed E-state index contributed by atoms with van der Waals surface area (Å²) in [5.74, 6) is 6.54. The second-order valence-electron chi connectivity index (χ2n) is 10.3. The Hall–Kier alpha value is 0. The van der Waals surface area contributed by atoms with Crippen LogP contribution in [0.1, 0.15) is 66.2 Å². The van der Waals surface area contributed by atoms with Crippen molar-refractivity contribution in [2.75, 3.05) is 0 Å². The summed E-state index contributed by atoms with van der Waals surface area (Å²) < 4.78 is 0. The van der Waals surface area contributed by atoms with Gasteiger partial charge in [0.1, 0.15) is 0 Å². The van der Waals surface area contributed by atoms with Crippen LogP contribution >= 0.6 is 0 Å². The Morgan fingerprint density at radius 3 is 2.50 bits per heavy atom. The molecule has 10 unspecified atom stereocenters. The number of hydrogen-bond acceptors (Lipinski definition) is 0. The number of rotatable bonds is 1.